The van der Waals surface area contributed by atoms with Gasteiger partial charge in [-0.3, -0.25) is 10.1 Å². The molecule has 0 saturated heterocycles. The highest BCUT2D eigenvalue weighted by molar-refractivity contribution is 5.99. The Labute approximate surface area is 212 Å². The van der Waals surface area contributed by atoms with Crippen LogP contribution in [0.5, 0.6) is 5.75 Å². The molecule has 0 amide bonds. The molecule has 0 fully saturated rings. The maximum Gasteiger partial charge on any atom is 0.138 e. The predicted octanol–water partition coefficient (Wildman–Crippen LogP) is 5.31. The summed E-state index contributed by atoms with van der Waals surface area (Å²) in [6, 6.07) is 16.2. The normalized spacial score (nSPS) is 11.6. The van der Waals surface area contributed by atoms with Gasteiger partial charge in [0.25, 0.3) is 0 Å². The van der Waals surface area contributed by atoms with Crippen molar-refractivity contribution in [3.05, 3.63) is 79.0 Å². The summed E-state index contributed by atoms with van der Waals surface area (Å²) in [5.74, 6) is 0.429. The van der Waals surface area contributed by atoms with Crippen molar-refractivity contribution in [1.29, 1.82) is 0 Å². The molecule has 0 atom stereocenters. The molecule has 5 heterocycles. The number of rotatable bonds is 7. The van der Waals surface area contributed by atoms with Gasteiger partial charge in [-0.2, -0.15) is 5.10 Å². The Kier molecular flexibility index (Phi) is 5.82. The van der Waals surface area contributed by atoms with E-state index in [9.17, 15) is 4.39 Å². The van der Waals surface area contributed by atoms with Gasteiger partial charge in [0.1, 0.15) is 35.0 Å². The summed E-state index contributed by atoms with van der Waals surface area (Å²) >= 11 is 0. The number of fused-ring (bicyclic) bond motifs is 2. The van der Waals surface area contributed by atoms with Gasteiger partial charge in [-0.25, -0.2) is 14.4 Å². The number of nitrogens with one attached hydrogen (secondary N) is 2. The van der Waals surface area contributed by atoms with Gasteiger partial charge in [0.05, 0.1) is 23.1 Å². The molecule has 0 aliphatic rings. The quantitative estimate of drug-likeness (QED) is 0.313. The van der Waals surface area contributed by atoms with Crippen molar-refractivity contribution < 1.29 is 9.13 Å². The van der Waals surface area contributed by atoms with Crippen molar-refractivity contribution in [2.24, 2.45) is 0 Å². The van der Waals surface area contributed by atoms with Crippen molar-refractivity contribution in [3.8, 4) is 39.5 Å². The number of benzene rings is 1. The SMILES string of the molecule is CN(C)CCOc1cncc(-c2ccc3[nH]nc(-c4cc5c(-c6ccc(F)cc6)ccnc5[nH]4)c3n2)c1. The summed E-state index contributed by atoms with van der Waals surface area (Å²) in [6.45, 7) is 1.39. The lowest BCUT2D eigenvalue weighted by Crippen LogP contribution is -2.19. The van der Waals surface area contributed by atoms with Crippen LogP contribution in [0.2, 0.25) is 0 Å². The van der Waals surface area contributed by atoms with Crippen LogP contribution in [-0.4, -0.2) is 62.3 Å². The largest absolute Gasteiger partial charge is 0.491 e. The van der Waals surface area contributed by atoms with Gasteiger partial charge in [0.15, 0.2) is 0 Å². The molecule has 6 rings (SSSR count). The molecule has 5 aromatic heterocycles. The molecule has 2 N–H and O–H groups in total. The van der Waals surface area contributed by atoms with Crippen molar-refractivity contribution in [2.75, 3.05) is 27.2 Å². The molecular formula is C28H24FN7O. The van der Waals surface area contributed by atoms with Crippen LogP contribution in [0.4, 0.5) is 4.39 Å². The lowest BCUT2D eigenvalue weighted by atomic mass is 10.0. The summed E-state index contributed by atoms with van der Waals surface area (Å²) in [5, 5.41) is 8.54. The highest BCUT2D eigenvalue weighted by atomic mass is 19.1. The van der Waals surface area contributed by atoms with Crippen LogP contribution in [0.1, 0.15) is 0 Å². The lowest BCUT2D eigenvalue weighted by Gasteiger charge is -2.11. The van der Waals surface area contributed by atoms with E-state index in [-0.39, 0.29) is 5.82 Å². The molecule has 0 bridgehead atoms. The van der Waals surface area contributed by atoms with E-state index in [0.29, 0.717) is 18.1 Å². The van der Waals surface area contributed by atoms with Gasteiger partial charge >= 0.3 is 0 Å². The first-order chi connectivity index (χ1) is 18.0. The summed E-state index contributed by atoms with van der Waals surface area (Å²) in [4.78, 5) is 19.2. The highest BCUT2D eigenvalue weighted by Crippen LogP contribution is 2.33. The summed E-state index contributed by atoms with van der Waals surface area (Å²) in [5.41, 5.74) is 7.22. The standard InChI is InChI=1S/C28H24FN7O/c1-36(2)11-12-37-20-13-18(15-30-16-20)23-7-8-24-26(32-23)27(35-34-24)25-14-22-21(9-10-31-28(22)33-25)17-3-5-19(29)6-4-17/h3-10,13-16H,11-12H2,1-2H3,(H,31,33)(H,34,35). The number of H-pyrrole nitrogens is 2. The van der Waals surface area contributed by atoms with Crippen molar-refractivity contribution >= 4 is 22.1 Å². The van der Waals surface area contributed by atoms with E-state index in [0.717, 1.165) is 56.7 Å². The predicted molar refractivity (Wildman–Crippen MR) is 142 cm³/mol. The fourth-order valence-corrected chi connectivity index (χ4v) is 4.27. The number of ether oxygens (including phenoxy) is 1. The second kappa shape index (κ2) is 9.44. The van der Waals surface area contributed by atoms with Gasteiger partial charge in [0, 0.05) is 29.9 Å². The molecule has 0 spiro atoms. The average Bonchev–Trinajstić information content (AvgIpc) is 3.53. The van der Waals surface area contributed by atoms with E-state index in [1.165, 1.54) is 12.1 Å². The smallest absolute Gasteiger partial charge is 0.138 e. The zero-order valence-corrected chi connectivity index (χ0v) is 20.4. The topological polar surface area (TPSA) is 95.6 Å². The van der Waals surface area contributed by atoms with Crippen LogP contribution in [0.3, 0.4) is 0 Å². The Morgan fingerprint density at radius 2 is 1.84 bits per heavy atom. The van der Waals surface area contributed by atoms with E-state index in [2.05, 4.69) is 30.0 Å². The van der Waals surface area contributed by atoms with Gasteiger partial charge in [0.2, 0.25) is 0 Å². The number of pyridine rings is 3. The number of likely N-dealkylation sites (N-methyl/N-ethyl adjacent to an activating group) is 1. The zero-order valence-electron chi connectivity index (χ0n) is 20.4. The van der Waals surface area contributed by atoms with Crippen LogP contribution >= 0.6 is 0 Å². The first-order valence-electron chi connectivity index (χ1n) is 11.9. The van der Waals surface area contributed by atoms with E-state index in [1.807, 2.05) is 44.4 Å². The Morgan fingerprint density at radius 1 is 0.973 bits per heavy atom. The minimum absolute atomic E-state index is 0.269. The van der Waals surface area contributed by atoms with Gasteiger partial charge in [-0.1, -0.05) is 12.1 Å². The van der Waals surface area contributed by atoms with E-state index < -0.39 is 0 Å². The second-order valence-corrected chi connectivity index (χ2v) is 9.04. The van der Waals surface area contributed by atoms with Crippen LogP contribution in [-0.2, 0) is 0 Å². The molecule has 9 heteroatoms. The number of aromatic nitrogens is 6. The fourth-order valence-electron chi connectivity index (χ4n) is 4.27. The summed E-state index contributed by atoms with van der Waals surface area (Å²) in [6.07, 6.45) is 5.21. The van der Waals surface area contributed by atoms with E-state index in [1.54, 1.807) is 30.7 Å². The van der Waals surface area contributed by atoms with Crippen molar-refractivity contribution in [1.82, 2.24) is 35.0 Å². The zero-order chi connectivity index (χ0) is 25.4. The maximum atomic E-state index is 13.5. The monoisotopic (exact) mass is 493 g/mol. The molecule has 0 aliphatic heterocycles. The average molecular weight is 494 g/mol. The summed E-state index contributed by atoms with van der Waals surface area (Å²) in [7, 11) is 4.01. The number of hydrogen-bond acceptors (Lipinski definition) is 6. The second-order valence-electron chi connectivity index (χ2n) is 9.04. The minimum atomic E-state index is -0.269. The van der Waals surface area contributed by atoms with Gasteiger partial charge in [-0.15, -0.1) is 0 Å². The Bertz CT molecular complexity index is 1710. The Morgan fingerprint density at radius 3 is 2.68 bits per heavy atom. The molecule has 37 heavy (non-hydrogen) atoms. The molecule has 0 radical (unpaired) electrons. The van der Waals surface area contributed by atoms with Crippen LogP contribution in [0.25, 0.3) is 55.8 Å². The van der Waals surface area contributed by atoms with Crippen molar-refractivity contribution in [3.63, 3.8) is 0 Å². The highest BCUT2D eigenvalue weighted by Gasteiger charge is 2.16. The summed E-state index contributed by atoms with van der Waals surface area (Å²) < 4.78 is 19.3. The van der Waals surface area contributed by atoms with Crippen molar-refractivity contribution in [2.45, 2.75) is 0 Å². The first kappa shape index (κ1) is 22.8. The number of aromatic amines is 2. The molecular weight excluding hydrogens is 469 g/mol. The molecule has 0 aliphatic carbocycles. The van der Waals surface area contributed by atoms with Crippen LogP contribution < -0.4 is 4.74 Å². The van der Waals surface area contributed by atoms with Gasteiger partial charge < -0.3 is 14.6 Å². The molecule has 184 valence electrons. The molecule has 0 unspecified atom stereocenters. The minimum Gasteiger partial charge on any atom is -0.491 e. The van der Waals surface area contributed by atoms with Crippen LogP contribution in [0.15, 0.2) is 73.2 Å². The number of halogens is 1. The Hall–Kier alpha value is -4.63. The number of nitrogens with zero attached hydrogens (tertiary/aromatic N) is 5. The van der Waals surface area contributed by atoms with E-state index >= 15 is 0 Å². The van der Waals surface area contributed by atoms with Crippen LogP contribution in [0, 0.1) is 5.82 Å². The maximum absolute atomic E-state index is 13.5. The molecule has 0 saturated carbocycles. The molecule has 8 nitrogen and oxygen atoms in total. The third kappa shape index (κ3) is 4.52. The van der Waals surface area contributed by atoms with Gasteiger partial charge in [-0.05, 0) is 67.7 Å². The lowest BCUT2D eigenvalue weighted by molar-refractivity contribution is 0.261. The Balaban J connectivity index is 1.37. The fraction of sp³-hybridized carbons (Fsp3) is 0.143. The molecule has 6 aromatic rings. The first-order valence-corrected chi connectivity index (χ1v) is 11.9. The number of hydrogen-bond donors (Lipinski definition) is 2. The molecule has 1 aromatic carbocycles. The van der Waals surface area contributed by atoms with E-state index in [4.69, 9.17) is 9.72 Å². The third-order valence-electron chi connectivity index (χ3n) is 6.17. The third-order valence-corrected chi connectivity index (χ3v) is 6.17.